The summed E-state index contributed by atoms with van der Waals surface area (Å²) in [5.41, 5.74) is 18.6. The molecule has 10 atom stereocenters. The van der Waals surface area contributed by atoms with Crippen LogP contribution in [0.4, 0.5) is 0 Å². The van der Waals surface area contributed by atoms with Gasteiger partial charge in [0.05, 0.1) is 19.0 Å². The number of unbranched alkanes of at least 4 members (excludes halogenated alkanes) is 1. The minimum Gasteiger partial charge on any atom is -0.480 e. The zero-order valence-electron chi connectivity index (χ0n) is 49.1. The van der Waals surface area contributed by atoms with E-state index in [2.05, 4.69) is 46.9 Å². The van der Waals surface area contributed by atoms with Crippen LogP contribution in [-0.4, -0.2) is 193 Å². The Kier molecular flexibility index (Phi) is 26.3. The van der Waals surface area contributed by atoms with Crippen molar-refractivity contribution < 1.29 is 58.2 Å². The minimum atomic E-state index is -1.71. The largest absolute Gasteiger partial charge is 0.480 e. The van der Waals surface area contributed by atoms with Gasteiger partial charge in [0.25, 0.3) is 0 Å². The number of hydrogen-bond donors (Lipinski definition) is 12. The number of aromatic amines is 1. The van der Waals surface area contributed by atoms with E-state index in [0.29, 0.717) is 50.8 Å². The number of carbonyl (C=O) groups excluding carboxylic acids is 9. The SMILES string of the molecule is CCCC[C@H](N)C(=O)N1CCC[C@H]1C(=O)N[C@@H](CC(C)C)C(=O)N[C@@H](Cc1cnc[nH]1)C(=O)N[C@@H](CO)C(=O)N[C@@H](CCCN=C(N)N)C(=O)N[C@H](C(=O)N1CCC[C@H]1C(=O)N[C@@H](CCc1ccccc1)C(=O)N1CCC[C@H]1C(=O)O)C(C)C. The number of nitrogens with one attached hydrogen (secondary N) is 7. The van der Waals surface area contributed by atoms with Crippen molar-refractivity contribution >= 4 is 65.1 Å². The first-order chi connectivity index (χ1) is 40.0. The molecule has 9 amide bonds. The quantitative estimate of drug-likeness (QED) is 0.0233. The smallest absolute Gasteiger partial charge is 0.326 e. The van der Waals surface area contributed by atoms with Crippen LogP contribution >= 0.6 is 0 Å². The third-order valence-electron chi connectivity index (χ3n) is 15.4. The van der Waals surface area contributed by atoms with Gasteiger partial charge in [-0.15, -0.1) is 0 Å². The van der Waals surface area contributed by atoms with Crippen LogP contribution in [0.5, 0.6) is 0 Å². The van der Waals surface area contributed by atoms with Crippen molar-refractivity contribution in [1.29, 1.82) is 0 Å². The molecule has 27 heteroatoms. The molecular weight excluding hydrogens is 1090 g/mol. The number of imidazole rings is 1. The van der Waals surface area contributed by atoms with Crippen molar-refractivity contribution in [1.82, 2.24) is 56.6 Å². The molecule has 27 nitrogen and oxygen atoms in total. The molecule has 3 saturated heterocycles. The van der Waals surface area contributed by atoms with E-state index in [1.165, 1.54) is 27.2 Å². The van der Waals surface area contributed by atoms with Crippen LogP contribution in [0.3, 0.4) is 0 Å². The van der Waals surface area contributed by atoms with Crippen LogP contribution in [-0.2, 0) is 60.8 Å². The molecule has 3 fully saturated rings. The summed E-state index contributed by atoms with van der Waals surface area (Å²) < 4.78 is 0. The summed E-state index contributed by atoms with van der Waals surface area (Å²) in [5.74, 6) is -8.25. The van der Waals surface area contributed by atoms with Gasteiger partial charge >= 0.3 is 5.97 Å². The number of aliphatic carboxylic acids is 1. The third-order valence-corrected chi connectivity index (χ3v) is 15.4. The Hall–Kier alpha value is -7.68. The molecule has 1 aromatic carbocycles. The van der Waals surface area contributed by atoms with Gasteiger partial charge in [-0.1, -0.05) is 77.8 Å². The lowest BCUT2D eigenvalue weighted by Gasteiger charge is -2.33. The van der Waals surface area contributed by atoms with Crippen molar-refractivity contribution in [2.45, 2.75) is 191 Å². The van der Waals surface area contributed by atoms with Crippen LogP contribution in [0.2, 0.25) is 0 Å². The van der Waals surface area contributed by atoms with Crippen molar-refractivity contribution in [3.63, 3.8) is 0 Å². The lowest BCUT2D eigenvalue weighted by atomic mass is 10.0. The number of aliphatic hydroxyl groups excluding tert-OH is 1. The number of hydrogen-bond acceptors (Lipinski definition) is 14. The Balaban J connectivity index is 1.30. The average molecular weight is 1180 g/mol. The number of likely N-dealkylation sites (tertiary alicyclic amines) is 3. The van der Waals surface area contributed by atoms with Crippen LogP contribution < -0.4 is 49.1 Å². The number of aliphatic hydroxyl groups is 1. The summed E-state index contributed by atoms with van der Waals surface area (Å²) >= 11 is 0. The summed E-state index contributed by atoms with van der Waals surface area (Å²) in [5, 5.41) is 36.7. The van der Waals surface area contributed by atoms with E-state index in [-0.39, 0.29) is 82.4 Å². The highest BCUT2D eigenvalue weighted by Gasteiger charge is 2.43. The number of carboxylic acid groups (broad SMARTS) is 1. The molecule has 3 aliphatic rings. The van der Waals surface area contributed by atoms with Crippen LogP contribution in [0.15, 0.2) is 47.8 Å². The molecule has 4 heterocycles. The molecule has 0 saturated carbocycles. The number of carbonyl (C=O) groups is 10. The van der Waals surface area contributed by atoms with Crippen molar-refractivity contribution in [3.8, 4) is 0 Å². The predicted octanol–water partition coefficient (Wildman–Crippen LogP) is -1.18. The van der Waals surface area contributed by atoms with Gasteiger partial charge in [-0.05, 0) is 94.4 Å². The summed E-state index contributed by atoms with van der Waals surface area (Å²) in [6.07, 6.45) is 7.68. The maximum Gasteiger partial charge on any atom is 0.326 e. The van der Waals surface area contributed by atoms with E-state index in [1.807, 2.05) is 51.1 Å². The Bertz CT molecular complexity index is 2580. The van der Waals surface area contributed by atoms with Crippen molar-refractivity contribution in [2.75, 3.05) is 32.8 Å². The molecule has 1 aromatic heterocycles. The molecule has 84 heavy (non-hydrogen) atoms. The summed E-state index contributed by atoms with van der Waals surface area (Å²) in [7, 11) is 0. The number of carboxylic acids is 1. The standard InChI is InChI=1S/C57H89N15O12/c1-6-7-17-37(58)53(80)70-25-12-19-43(70)52(79)67-40(28-33(2)3)48(75)66-41(29-36-30-61-32-63-36)49(76)68-42(31-73)50(77)64-38(18-11-24-62-57(59)60)47(74)69-46(34(4)5)55(82)71-26-13-20-44(71)51(78)65-39(23-22-35-15-9-8-10-16-35)54(81)72-27-14-21-45(72)56(83)84/h8-10,15-16,30,32-34,37-46,73H,6-7,11-14,17-29,31,58H2,1-5H3,(H,61,63)(H,64,77)(H,65,78)(H,66,75)(H,67,79)(H,68,76)(H,69,74)(H,83,84)(H4,59,60,62)/t37-,38-,39-,40-,41-,42-,43-,44-,45-,46-/m0/s1. The van der Waals surface area contributed by atoms with Gasteiger partial charge < -0.3 is 79.0 Å². The normalized spacial score (nSPS) is 19.3. The number of nitrogens with two attached hydrogens (primary N) is 3. The fraction of sp³-hybridized carbons (Fsp3) is 0.649. The number of aryl methyl sites for hydroxylation is 1. The molecule has 5 rings (SSSR count). The molecule has 0 spiro atoms. The van der Waals surface area contributed by atoms with Gasteiger partial charge in [0, 0.05) is 44.5 Å². The zero-order valence-corrected chi connectivity index (χ0v) is 49.1. The van der Waals surface area contributed by atoms with Gasteiger partial charge in [0.15, 0.2) is 5.96 Å². The number of amides is 9. The minimum absolute atomic E-state index is 0.0281. The fourth-order valence-corrected chi connectivity index (χ4v) is 10.9. The summed E-state index contributed by atoms with van der Waals surface area (Å²) in [4.78, 5) is 154. The first kappa shape index (κ1) is 67.1. The summed E-state index contributed by atoms with van der Waals surface area (Å²) in [6.45, 7) is 8.76. The maximum absolute atomic E-state index is 14.6. The monoisotopic (exact) mass is 1180 g/mol. The first-order valence-corrected chi connectivity index (χ1v) is 29.4. The third kappa shape index (κ3) is 19.5. The van der Waals surface area contributed by atoms with E-state index in [4.69, 9.17) is 17.2 Å². The highest BCUT2D eigenvalue weighted by Crippen LogP contribution is 2.25. The zero-order chi connectivity index (χ0) is 61.6. The van der Waals surface area contributed by atoms with Crippen LogP contribution in [0.25, 0.3) is 0 Å². The maximum atomic E-state index is 14.6. The lowest BCUT2D eigenvalue weighted by Crippen LogP contribution is -2.61. The number of nitrogens with zero attached hydrogens (tertiary/aromatic N) is 5. The molecular formula is C57H89N15O12. The van der Waals surface area contributed by atoms with E-state index in [9.17, 15) is 58.2 Å². The second-order valence-corrected chi connectivity index (χ2v) is 22.8. The number of aromatic nitrogens is 2. The van der Waals surface area contributed by atoms with Crippen LogP contribution in [0.1, 0.15) is 129 Å². The van der Waals surface area contributed by atoms with Gasteiger partial charge in [-0.2, -0.15) is 0 Å². The number of guanidine groups is 1. The Morgan fingerprint density at radius 3 is 1.77 bits per heavy atom. The predicted molar refractivity (Wildman–Crippen MR) is 309 cm³/mol. The number of H-pyrrole nitrogens is 1. The van der Waals surface area contributed by atoms with Gasteiger partial charge in [0.2, 0.25) is 53.2 Å². The second kappa shape index (κ2) is 33.0. The average Bonchev–Trinajstić information content (AvgIpc) is 4.53. The van der Waals surface area contributed by atoms with Gasteiger partial charge in [-0.3, -0.25) is 48.1 Å². The molecule has 0 bridgehead atoms. The van der Waals surface area contributed by atoms with Gasteiger partial charge in [-0.25, -0.2) is 9.78 Å². The van der Waals surface area contributed by atoms with Gasteiger partial charge in [0.1, 0.15) is 54.4 Å². The second-order valence-electron chi connectivity index (χ2n) is 22.8. The Labute approximate surface area is 490 Å². The lowest BCUT2D eigenvalue weighted by molar-refractivity contribution is -0.150. The van der Waals surface area contributed by atoms with Crippen molar-refractivity contribution in [3.05, 3.63) is 54.1 Å². The van der Waals surface area contributed by atoms with E-state index < -0.39 is 126 Å². The molecule has 0 unspecified atom stereocenters. The van der Waals surface area contributed by atoms with E-state index >= 15 is 0 Å². The molecule has 0 aliphatic carbocycles. The topological polar surface area (TPSA) is 412 Å². The molecule has 0 radical (unpaired) electrons. The highest BCUT2D eigenvalue weighted by atomic mass is 16.4. The Morgan fingerprint density at radius 1 is 0.667 bits per heavy atom. The number of rotatable bonds is 32. The summed E-state index contributed by atoms with van der Waals surface area (Å²) in [6, 6.07) is -2.52. The molecule has 15 N–H and O–H groups in total. The number of benzene rings is 1. The highest BCUT2D eigenvalue weighted by molar-refractivity contribution is 5.99. The fourth-order valence-electron chi connectivity index (χ4n) is 10.9. The number of aliphatic imine (C=N–C) groups is 1. The van der Waals surface area contributed by atoms with E-state index in [1.54, 1.807) is 13.8 Å². The van der Waals surface area contributed by atoms with Crippen molar-refractivity contribution in [2.24, 2.45) is 34.0 Å². The first-order valence-electron chi connectivity index (χ1n) is 29.4. The molecule has 2 aromatic rings. The molecule has 464 valence electrons. The van der Waals surface area contributed by atoms with E-state index in [0.717, 1.165) is 18.4 Å². The van der Waals surface area contributed by atoms with Crippen LogP contribution in [0, 0.1) is 11.8 Å². The Morgan fingerprint density at radius 2 is 1.21 bits per heavy atom. The molecule has 3 aliphatic heterocycles.